The number of carbonyl (C=O) groups excluding carboxylic acids is 1. The van der Waals surface area contributed by atoms with E-state index in [0.29, 0.717) is 12.6 Å². The van der Waals surface area contributed by atoms with Gasteiger partial charge in [-0.2, -0.15) is 0 Å². The number of nitrogens with one attached hydrogen (secondary N) is 2. The second kappa shape index (κ2) is 5.91. The Bertz CT molecular complexity index is 456. The molecule has 1 fully saturated rings. The van der Waals surface area contributed by atoms with Gasteiger partial charge in [-0.25, -0.2) is 4.98 Å². The number of piperidine rings is 1. The zero-order valence-electron chi connectivity index (χ0n) is 12.9. The van der Waals surface area contributed by atoms with E-state index in [4.69, 9.17) is 0 Å². The minimum Gasteiger partial charge on any atom is -0.337 e. The van der Waals surface area contributed by atoms with Crippen LogP contribution in [0.1, 0.15) is 56.5 Å². The van der Waals surface area contributed by atoms with E-state index in [2.05, 4.69) is 20.5 Å². The molecule has 1 aromatic rings. The molecule has 112 valence electrons. The van der Waals surface area contributed by atoms with E-state index in [-0.39, 0.29) is 17.1 Å². The average molecular weight is 279 g/mol. The maximum absolute atomic E-state index is 12.3. The SMILES string of the molecule is CN(CC1CCCCN1)C(=O)c1n[nH]c(C(C)(C)C)n1. The molecule has 0 spiro atoms. The lowest BCUT2D eigenvalue weighted by molar-refractivity contribution is 0.0763. The van der Waals surface area contributed by atoms with Gasteiger partial charge in [-0.05, 0) is 19.4 Å². The first-order valence-corrected chi connectivity index (χ1v) is 7.29. The van der Waals surface area contributed by atoms with E-state index < -0.39 is 0 Å². The van der Waals surface area contributed by atoms with E-state index >= 15 is 0 Å². The molecule has 0 aromatic carbocycles. The molecule has 2 heterocycles. The summed E-state index contributed by atoms with van der Waals surface area (Å²) in [7, 11) is 1.81. The first kappa shape index (κ1) is 15.0. The van der Waals surface area contributed by atoms with Gasteiger partial charge in [0.1, 0.15) is 5.82 Å². The van der Waals surface area contributed by atoms with Crippen molar-refractivity contribution in [1.29, 1.82) is 0 Å². The second-order valence-corrected chi connectivity index (χ2v) is 6.59. The third-order valence-corrected chi connectivity index (χ3v) is 3.64. The van der Waals surface area contributed by atoms with Crippen LogP contribution < -0.4 is 5.32 Å². The Morgan fingerprint density at radius 3 is 2.70 bits per heavy atom. The Hall–Kier alpha value is -1.43. The number of aromatic nitrogens is 3. The quantitative estimate of drug-likeness (QED) is 0.875. The van der Waals surface area contributed by atoms with Crippen LogP contribution in [-0.4, -0.2) is 52.2 Å². The monoisotopic (exact) mass is 279 g/mol. The molecule has 0 bridgehead atoms. The summed E-state index contributed by atoms with van der Waals surface area (Å²) in [4.78, 5) is 18.3. The highest BCUT2D eigenvalue weighted by atomic mass is 16.2. The summed E-state index contributed by atoms with van der Waals surface area (Å²) in [5.74, 6) is 0.877. The van der Waals surface area contributed by atoms with Gasteiger partial charge in [0.2, 0.25) is 5.82 Å². The van der Waals surface area contributed by atoms with Gasteiger partial charge >= 0.3 is 0 Å². The molecule has 0 aliphatic carbocycles. The van der Waals surface area contributed by atoms with Crippen LogP contribution in [0, 0.1) is 0 Å². The summed E-state index contributed by atoms with van der Waals surface area (Å²) in [6.07, 6.45) is 3.58. The molecule has 1 amide bonds. The number of likely N-dealkylation sites (N-methyl/N-ethyl adjacent to an activating group) is 1. The number of aromatic amines is 1. The number of amides is 1. The van der Waals surface area contributed by atoms with E-state index in [0.717, 1.165) is 18.8 Å². The van der Waals surface area contributed by atoms with E-state index in [1.807, 2.05) is 27.8 Å². The first-order chi connectivity index (χ1) is 9.38. The third kappa shape index (κ3) is 3.56. The maximum Gasteiger partial charge on any atom is 0.293 e. The van der Waals surface area contributed by atoms with Crippen LogP contribution >= 0.6 is 0 Å². The van der Waals surface area contributed by atoms with Gasteiger partial charge in [-0.15, -0.1) is 5.10 Å². The summed E-state index contributed by atoms with van der Waals surface area (Å²) >= 11 is 0. The number of carbonyl (C=O) groups is 1. The Labute approximate surface area is 120 Å². The molecule has 1 atom stereocenters. The number of rotatable bonds is 3. The van der Waals surface area contributed by atoms with Crippen LogP contribution in [0.25, 0.3) is 0 Å². The molecule has 2 rings (SSSR count). The third-order valence-electron chi connectivity index (χ3n) is 3.64. The van der Waals surface area contributed by atoms with Crippen molar-refractivity contribution in [3.63, 3.8) is 0 Å². The molecule has 1 unspecified atom stereocenters. The van der Waals surface area contributed by atoms with Crippen molar-refractivity contribution in [1.82, 2.24) is 25.4 Å². The van der Waals surface area contributed by atoms with Gasteiger partial charge in [-0.1, -0.05) is 27.2 Å². The molecule has 1 aliphatic rings. The fraction of sp³-hybridized carbons (Fsp3) is 0.786. The largest absolute Gasteiger partial charge is 0.337 e. The van der Waals surface area contributed by atoms with Gasteiger partial charge in [0.25, 0.3) is 5.91 Å². The lowest BCUT2D eigenvalue weighted by Crippen LogP contribution is -2.44. The van der Waals surface area contributed by atoms with E-state index in [1.165, 1.54) is 12.8 Å². The molecular weight excluding hydrogens is 254 g/mol. The lowest BCUT2D eigenvalue weighted by atomic mass is 9.96. The topological polar surface area (TPSA) is 73.9 Å². The van der Waals surface area contributed by atoms with Crippen molar-refractivity contribution in [2.75, 3.05) is 20.1 Å². The minimum absolute atomic E-state index is 0.121. The predicted octanol–water partition coefficient (Wildman–Crippen LogP) is 1.32. The van der Waals surface area contributed by atoms with Crippen molar-refractivity contribution in [2.45, 2.75) is 51.5 Å². The predicted molar refractivity (Wildman–Crippen MR) is 77.7 cm³/mol. The van der Waals surface area contributed by atoms with Crippen LogP contribution in [0.3, 0.4) is 0 Å². The van der Waals surface area contributed by atoms with E-state index in [9.17, 15) is 4.79 Å². The second-order valence-electron chi connectivity index (χ2n) is 6.59. The Morgan fingerprint density at radius 1 is 1.40 bits per heavy atom. The van der Waals surface area contributed by atoms with Crippen molar-refractivity contribution in [2.24, 2.45) is 0 Å². The highest BCUT2D eigenvalue weighted by Gasteiger charge is 2.24. The summed E-state index contributed by atoms with van der Waals surface area (Å²) in [5.41, 5.74) is -0.130. The summed E-state index contributed by atoms with van der Waals surface area (Å²) < 4.78 is 0. The molecule has 1 aliphatic heterocycles. The van der Waals surface area contributed by atoms with Crippen LogP contribution in [0.4, 0.5) is 0 Å². The smallest absolute Gasteiger partial charge is 0.293 e. The summed E-state index contributed by atoms with van der Waals surface area (Å²) in [6, 6.07) is 0.388. The van der Waals surface area contributed by atoms with Gasteiger partial charge in [0, 0.05) is 25.0 Å². The summed E-state index contributed by atoms with van der Waals surface area (Å²) in [6.45, 7) is 7.87. The number of nitrogens with zero attached hydrogens (tertiary/aromatic N) is 3. The van der Waals surface area contributed by atoms with Gasteiger partial charge in [-0.3, -0.25) is 9.89 Å². The maximum atomic E-state index is 12.3. The highest BCUT2D eigenvalue weighted by Crippen LogP contribution is 2.17. The Balaban J connectivity index is 1.97. The van der Waals surface area contributed by atoms with Crippen molar-refractivity contribution in [3.05, 3.63) is 11.6 Å². The van der Waals surface area contributed by atoms with Crippen molar-refractivity contribution in [3.8, 4) is 0 Å². The fourth-order valence-electron chi connectivity index (χ4n) is 2.36. The Kier molecular flexibility index (Phi) is 4.42. The highest BCUT2D eigenvalue weighted by molar-refractivity contribution is 5.90. The van der Waals surface area contributed by atoms with Gasteiger partial charge in [0.05, 0.1) is 0 Å². The van der Waals surface area contributed by atoms with Crippen molar-refractivity contribution >= 4 is 5.91 Å². The number of hydrogen-bond donors (Lipinski definition) is 2. The van der Waals surface area contributed by atoms with Crippen molar-refractivity contribution < 1.29 is 4.79 Å². The fourth-order valence-corrected chi connectivity index (χ4v) is 2.36. The number of hydrogen-bond acceptors (Lipinski definition) is 4. The zero-order chi connectivity index (χ0) is 14.8. The standard InChI is InChI=1S/C14H25N5O/c1-14(2,3)13-16-11(17-18-13)12(20)19(4)9-10-7-5-6-8-15-10/h10,15H,5-9H2,1-4H3,(H,16,17,18). The van der Waals surface area contributed by atoms with E-state index in [1.54, 1.807) is 4.90 Å². The molecule has 2 N–H and O–H groups in total. The van der Waals surface area contributed by atoms with Crippen LogP contribution in [0.15, 0.2) is 0 Å². The number of H-pyrrole nitrogens is 1. The first-order valence-electron chi connectivity index (χ1n) is 7.29. The molecule has 1 saturated heterocycles. The molecule has 1 aromatic heterocycles. The summed E-state index contributed by atoms with van der Waals surface area (Å²) in [5, 5.41) is 10.4. The van der Waals surface area contributed by atoms with Crippen LogP contribution in [-0.2, 0) is 5.41 Å². The van der Waals surface area contributed by atoms with Crippen LogP contribution in [0.2, 0.25) is 0 Å². The normalized spacial score (nSPS) is 19.9. The molecule has 20 heavy (non-hydrogen) atoms. The average Bonchev–Trinajstić information content (AvgIpc) is 2.88. The van der Waals surface area contributed by atoms with Gasteiger partial charge < -0.3 is 10.2 Å². The van der Waals surface area contributed by atoms with Crippen LogP contribution in [0.5, 0.6) is 0 Å². The molecule has 6 nitrogen and oxygen atoms in total. The van der Waals surface area contributed by atoms with Gasteiger partial charge in [0.15, 0.2) is 0 Å². The molecular formula is C14H25N5O. The molecule has 0 radical (unpaired) electrons. The Morgan fingerprint density at radius 2 is 2.15 bits per heavy atom. The molecule has 0 saturated carbocycles. The molecule has 6 heteroatoms. The lowest BCUT2D eigenvalue weighted by Gasteiger charge is -2.27. The zero-order valence-corrected chi connectivity index (χ0v) is 12.9. The minimum atomic E-state index is -0.130.